The van der Waals surface area contributed by atoms with Gasteiger partial charge in [-0.25, -0.2) is 0 Å². The van der Waals surface area contributed by atoms with Crippen LogP contribution in [-0.4, -0.2) is 69.2 Å². The molecular weight excluding hydrogens is 438 g/mol. The summed E-state index contributed by atoms with van der Waals surface area (Å²) >= 11 is 0. The number of rotatable bonds is 4. The van der Waals surface area contributed by atoms with Gasteiger partial charge in [-0.15, -0.1) is 10.2 Å². The maximum atomic E-state index is 10.6. The van der Waals surface area contributed by atoms with E-state index in [4.69, 9.17) is 5.26 Å². The molecule has 2 aromatic heterocycles. The van der Waals surface area contributed by atoms with E-state index in [1.807, 2.05) is 28.8 Å². The summed E-state index contributed by atoms with van der Waals surface area (Å²) in [5, 5.41) is 28.4. The predicted molar refractivity (Wildman–Crippen MR) is 134 cm³/mol. The van der Waals surface area contributed by atoms with Crippen molar-refractivity contribution in [2.24, 2.45) is 5.92 Å². The van der Waals surface area contributed by atoms with Crippen LogP contribution in [0.25, 0.3) is 28.3 Å². The van der Waals surface area contributed by atoms with E-state index in [1.54, 1.807) is 6.33 Å². The molecular formula is C27H27N7O. The van der Waals surface area contributed by atoms with Crippen LogP contribution in [0.4, 0.5) is 5.69 Å². The average Bonchev–Trinajstić information content (AvgIpc) is 3.56. The molecule has 8 nitrogen and oxygen atoms in total. The predicted octanol–water partition coefficient (Wildman–Crippen LogP) is 2.99. The van der Waals surface area contributed by atoms with Gasteiger partial charge in [0.05, 0.1) is 29.1 Å². The summed E-state index contributed by atoms with van der Waals surface area (Å²) in [5.41, 5.74) is 7.16. The summed E-state index contributed by atoms with van der Waals surface area (Å²) in [4.78, 5) is 4.43. The molecule has 35 heavy (non-hydrogen) atoms. The minimum Gasteiger partial charge on any atom is -0.391 e. The van der Waals surface area contributed by atoms with E-state index in [9.17, 15) is 5.11 Å². The highest BCUT2D eigenvalue weighted by Gasteiger charge is 2.32. The highest BCUT2D eigenvalue weighted by Crippen LogP contribution is 2.35. The first-order chi connectivity index (χ1) is 17.0. The minimum absolute atomic E-state index is 0.235. The van der Waals surface area contributed by atoms with Crippen LogP contribution >= 0.6 is 0 Å². The monoisotopic (exact) mass is 465 g/mol. The van der Waals surface area contributed by atoms with Gasteiger partial charge in [0.2, 0.25) is 0 Å². The largest absolute Gasteiger partial charge is 0.391 e. The van der Waals surface area contributed by atoms with Crippen LogP contribution in [0, 0.1) is 17.2 Å². The number of anilines is 1. The Morgan fingerprint density at radius 3 is 2.69 bits per heavy atom. The van der Waals surface area contributed by atoms with Crippen LogP contribution in [-0.2, 0) is 6.54 Å². The van der Waals surface area contributed by atoms with E-state index < -0.39 is 0 Å². The molecule has 1 fully saturated rings. The number of aliphatic hydroxyl groups excluding tert-OH is 1. The van der Waals surface area contributed by atoms with Gasteiger partial charge in [0.15, 0.2) is 5.82 Å². The van der Waals surface area contributed by atoms with Gasteiger partial charge in [0.1, 0.15) is 6.33 Å². The topological polar surface area (TPSA) is 86.1 Å². The quantitative estimate of drug-likeness (QED) is 0.439. The van der Waals surface area contributed by atoms with Gasteiger partial charge in [0.25, 0.3) is 0 Å². The Hall–Kier alpha value is -3.93. The van der Waals surface area contributed by atoms with E-state index in [0.717, 1.165) is 47.1 Å². The van der Waals surface area contributed by atoms with Gasteiger partial charge in [-0.1, -0.05) is 12.1 Å². The average molecular weight is 466 g/mol. The summed E-state index contributed by atoms with van der Waals surface area (Å²) in [5.74, 6) is 1.04. The molecule has 2 aliphatic heterocycles. The second-order valence-corrected chi connectivity index (χ2v) is 9.76. The zero-order chi connectivity index (χ0) is 24.1. The summed E-state index contributed by atoms with van der Waals surface area (Å²) in [6.45, 7) is 3.06. The first-order valence-electron chi connectivity index (χ1n) is 11.8. The first kappa shape index (κ1) is 21.6. The van der Waals surface area contributed by atoms with Crippen LogP contribution in [0.15, 0.2) is 61.1 Å². The summed E-state index contributed by atoms with van der Waals surface area (Å²) < 4.78 is 4.27. The Labute approximate surface area is 204 Å². The SMILES string of the molecule is CN(C)C[C@@H]1CN(c2ccc3c(c2)Cn2cc(-c4ccc(C#N)cc4)cc2-c2nncn2-3)C[C@@H]1O. The van der Waals surface area contributed by atoms with E-state index in [0.29, 0.717) is 18.7 Å². The van der Waals surface area contributed by atoms with Crippen LogP contribution in [0.2, 0.25) is 0 Å². The fourth-order valence-corrected chi connectivity index (χ4v) is 5.34. The van der Waals surface area contributed by atoms with Crippen LogP contribution < -0.4 is 4.90 Å². The maximum Gasteiger partial charge on any atom is 0.185 e. The zero-order valence-electron chi connectivity index (χ0n) is 19.8. The molecule has 2 atom stereocenters. The Kier molecular flexibility index (Phi) is 5.17. The highest BCUT2D eigenvalue weighted by molar-refractivity contribution is 5.72. The van der Waals surface area contributed by atoms with Gasteiger partial charge < -0.3 is 19.5 Å². The van der Waals surface area contributed by atoms with Crippen molar-refractivity contribution >= 4 is 5.69 Å². The fraction of sp³-hybridized carbons (Fsp3) is 0.296. The standard InChI is InChI=1S/C27H27N7O/c1-31(2)12-22-15-32(16-26(22)35)23-7-8-24-21(9-23)14-33-13-20(19-5-3-18(11-28)4-6-19)10-25(33)27-30-29-17-34(24)27/h3-10,13,17,22,26,35H,12,14-16H2,1-2H3/t22-,26+/m1/s1. The fourth-order valence-electron chi connectivity index (χ4n) is 5.34. The lowest BCUT2D eigenvalue weighted by atomic mass is 10.1. The van der Waals surface area contributed by atoms with Crippen molar-refractivity contribution in [2.45, 2.75) is 12.6 Å². The number of fused-ring (bicyclic) bond motifs is 5. The van der Waals surface area contributed by atoms with Gasteiger partial charge in [0, 0.05) is 49.5 Å². The number of aromatic nitrogens is 4. The Morgan fingerprint density at radius 1 is 1.09 bits per heavy atom. The molecule has 2 aliphatic rings. The van der Waals surface area contributed by atoms with Crippen molar-refractivity contribution < 1.29 is 5.11 Å². The van der Waals surface area contributed by atoms with E-state index in [1.165, 1.54) is 5.56 Å². The molecule has 2 aromatic carbocycles. The molecule has 1 saturated heterocycles. The van der Waals surface area contributed by atoms with Crippen molar-refractivity contribution in [3.8, 4) is 34.4 Å². The third-order valence-corrected chi connectivity index (χ3v) is 7.06. The lowest BCUT2D eigenvalue weighted by Crippen LogP contribution is -2.29. The normalized spacial score (nSPS) is 18.7. The molecule has 8 heteroatoms. The first-order valence-corrected chi connectivity index (χ1v) is 11.8. The van der Waals surface area contributed by atoms with Crippen LogP contribution in [0.1, 0.15) is 11.1 Å². The third kappa shape index (κ3) is 3.79. The van der Waals surface area contributed by atoms with Crippen LogP contribution in [0.5, 0.6) is 0 Å². The molecule has 1 N–H and O–H groups in total. The minimum atomic E-state index is -0.327. The van der Waals surface area contributed by atoms with E-state index in [2.05, 4.69) is 75.2 Å². The summed E-state index contributed by atoms with van der Waals surface area (Å²) in [6, 6.07) is 18.5. The van der Waals surface area contributed by atoms with Crippen molar-refractivity contribution in [1.82, 2.24) is 24.2 Å². The summed E-state index contributed by atoms with van der Waals surface area (Å²) in [7, 11) is 4.10. The van der Waals surface area contributed by atoms with E-state index in [-0.39, 0.29) is 12.0 Å². The number of nitriles is 1. The second kappa shape index (κ2) is 8.38. The number of benzene rings is 2. The smallest absolute Gasteiger partial charge is 0.185 e. The molecule has 0 amide bonds. The van der Waals surface area contributed by atoms with Gasteiger partial charge in [-0.2, -0.15) is 5.26 Å². The third-order valence-electron chi connectivity index (χ3n) is 7.06. The summed E-state index contributed by atoms with van der Waals surface area (Å²) in [6.07, 6.45) is 3.58. The van der Waals surface area contributed by atoms with E-state index >= 15 is 0 Å². The molecule has 0 bridgehead atoms. The molecule has 0 spiro atoms. The lowest BCUT2D eigenvalue weighted by molar-refractivity contribution is 0.130. The number of hydrogen-bond donors (Lipinski definition) is 1. The molecule has 176 valence electrons. The van der Waals surface area contributed by atoms with Gasteiger partial charge in [-0.05, 0) is 61.6 Å². The Balaban J connectivity index is 1.36. The van der Waals surface area contributed by atoms with Crippen molar-refractivity contribution in [1.29, 1.82) is 5.26 Å². The molecule has 4 heterocycles. The number of aliphatic hydroxyl groups is 1. The Bertz CT molecular complexity index is 1430. The Morgan fingerprint density at radius 2 is 1.91 bits per heavy atom. The number of nitrogens with zero attached hydrogens (tertiary/aromatic N) is 7. The van der Waals surface area contributed by atoms with Crippen molar-refractivity contribution in [3.05, 3.63) is 72.2 Å². The van der Waals surface area contributed by atoms with Crippen molar-refractivity contribution in [3.63, 3.8) is 0 Å². The molecule has 0 unspecified atom stereocenters. The lowest BCUT2D eigenvalue weighted by Gasteiger charge is -2.21. The van der Waals surface area contributed by atoms with Crippen LogP contribution in [0.3, 0.4) is 0 Å². The second-order valence-electron chi connectivity index (χ2n) is 9.76. The number of β-amino-alcohol motifs (C(OH)–C–C–N with tert-alkyl or cyclic N) is 1. The zero-order valence-corrected chi connectivity index (χ0v) is 19.8. The molecule has 0 saturated carbocycles. The maximum absolute atomic E-state index is 10.6. The molecule has 4 aromatic rings. The highest BCUT2D eigenvalue weighted by atomic mass is 16.3. The molecule has 6 rings (SSSR count). The van der Waals surface area contributed by atoms with Gasteiger partial charge in [-0.3, -0.25) is 4.57 Å². The van der Waals surface area contributed by atoms with Crippen molar-refractivity contribution in [2.75, 3.05) is 38.6 Å². The number of hydrogen-bond acceptors (Lipinski definition) is 6. The molecule has 0 aliphatic carbocycles. The molecule has 0 radical (unpaired) electrons. The van der Waals surface area contributed by atoms with Gasteiger partial charge >= 0.3 is 0 Å².